The maximum absolute atomic E-state index is 11.6. The van der Waals surface area contributed by atoms with Crippen molar-refractivity contribution < 1.29 is 4.79 Å². The first-order chi connectivity index (χ1) is 7.63. The van der Waals surface area contributed by atoms with Gasteiger partial charge < -0.3 is 4.90 Å². The third-order valence-corrected chi connectivity index (χ3v) is 2.31. The molecule has 0 saturated heterocycles. The molecule has 0 N–H and O–H groups in total. The number of carbonyl (C=O) groups excluding carboxylic acids is 1. The van der Waals surface area contributed by atoms with Crippen LogP contribution in [0.2, 0.25) is 0 Å². The van der Waals surface area contributed by atoms with Crippen LogP contribution in [0.4, 0.5) is 0 Å². The Morgan fingerprint density at radius 1 is 1.69 bits per heavy atom. The number of amides is 1. The van der Waals surface area contributed by atoms with Crippen LogP contribution in [0.25, 0.3) is 0 Å². The quantitative estimate of drug-likeness (QED) is 0.742. The minimum atomic E-state index is 0.0448. The summed E-state index contributed by atoms with van der Waals surface area (Å²) in [6, 6.07) is 3.93. The Bertz CT molecular complexity index is 391. The number of hydrogen-bond acceptors (Lipinski definition) is 3. The van der Waals surface area contributed by atoms with Crippen LogP contribution >= 0.6 is 0 Å². The number of rotatable bonds is 5. The average Bonchev–Trinajstić information content (AvgIpc) is 2.68. The van der Waals surface area contributed by atoms with Crippen LogP contribution in [0.1, 0.15) is 18.5 Å². The van der Waals surface area contributed by atoms with E-state index in [0.717, 1.165) is 5.69 Å². The zero-order chi connectivity index (χ0) is 12.0. The third-order valence-electron chi connectivity index (χ3n) is 2.31. The molecule has 1 heterocycles. The normalized spacial score (nSPS) is 9.81. The van der Waals surface area contributed by atoms with Gasteiger partial charge in [0.1, 0.15) is 0 Å². The van der Waals surface area contributed by atoms with Crippen LogP contribution in [0.5, 0.6) is 0 Å². The standard InChI is InChI=1S/C11H16N4O/c1-10-4-8-15(13-10)9-5-11(16)14(2)7-3-6-12/h4,8H,3,5,7,9H2,1-2H3. The van der Waals surface area contributed by atoms with Crippen LogP contribution < -0.4 is 0 Å². The lowest BCUT2D eigenvalue weighted by Crippen LogP contribution is -2.28. The van der Waals surface area contributed by atoms with Crippen LogP contribution in [-0.2, 0) is 11.3 Å². The number of nitrogens with zero attached hydrogens (tertiary/aromatic N) is 4. The van der Waals surface area contributed by atoms with Crippen molar-refractivity contribution in [1.29, 1.82) is 5.26 Å². The maximum atomic E-state index is 11.6. The summed E-state index contributed by atoms with van der Waals surface area (Å²) in [5.41, 5.74) is 0.949. The molecule has 0 bridgehead atoms. The summed E-state index contributed by atoms with van der Waals surface area (Å²) in [6.07, 6.45) is 2.66. The molecule has 5 heteroatoms. The Balaban J connectivity index is 2.32. The molecule has 0 aromatic carbocycles. The number of hydrogen-bond donors (Lipinski definition) is 0. The Morgan fingerprint density at radius 3 is 3.00 bits per heavy atom. The van der Waals surface area contributed by atoms with Gasteiger partial charge in [0.25, 0.3) is 0 Å². The largest absolute Gasteiger partial charge is 0.345 e. The van der Waals surface area contributed by atoms with Gasteiger partial charge in [0.15, 0.2) is 0 Å². The van der Waals surface area contributed by atoms with Crippen molar-refractivity contribution in [2.24, 2.45) is 0 Å². The molecule has 1 amide bonds. The molecule has 0 fully saturated rings. The van der Waals surface area contributed by atoms with Crippen molar-refractivity contribution >= 4 is 5.91 Å². The van der Waals surface area contributed by atoms with Gasteiger partial charge in [0, 0.05) is 32.8 Å². The summed E-state index contributed by atoms with van der Waals surface area (Å²) in [7, 11) is 1.72. The summed E-state index contributed by atoms with van der Waals surface area (Å²) in [6.45, 7) is 2.99. The summed E-state index contributed by atoms with van der Waals surface area (Å²) in [5, 5.41) is 12.6. The van der Waals surface area contributed by atoms with Gasteiger partial charge in [-0.3, -0.25) is 9.48 Å². The van der Waals surface area contributed by atoms with Gasteiger partial charge in [-0.2, -0.15) is 10.4 Å². The van der Waals surface area contributed by atoms with Crippen molar-refractivity contribution in [2.75, 3.05) is 13.6 Å². The fraction of sp³-hybridized carbons (Fsp3) is 0.545. The highest BCUT2D eigenvalue weighted by atomic mass is 16.2. The van der Waals surface area contributed by atoms with Gasteiger partial charge in [-0.15, -0.1) is 0 Å². The molecule has 0 aliphatic heterocycles. The van der Waals surface area contributed by atoms with Crippen LogP contribution in [0.3, 0.4) is 0 Å². The molecule has 0 unspecified atom stereocenters. The summed E-state index contributed by atoms with van der Waals surface area (Å²) >= 11 is 0. The second-order valence-corrected chi connectivity index (χ2v) is 3.69. The van der Waals surface area contributed by atoms with Gasteiger partial charge in [-0.1, -0.05) is 0 Å². The van der Waals surface area contributed by atoms with Crippen LogP contribution in [0, 0.1) is 18.3 Å². The molecule has 1 aromatic heterocycles. The minimum absolute atomic E-state index is 0.0448. The highest BCUT2D eigenvalue weighted by molar-refractivity contribution is 5.75. The first-order valence-electron chi connectivity index (χ1n) is 5.24. The topological polar surface area (TPSA) is 61.9 Å². The smallest absolute Gasteiger partial charge is 0.224 e. The molecular weight excluding hydrogens is 204 g/mol. The fourth-order valence-electron chi connectivity index (χ4n) is 1.33. The van der Waals surface area contributed by atoms with Crippen molar-refractivity contribution in [3.05, 3.63) is 18.0 Å². The molecular formula is C11H16N4O. The molecule has 0 radical (unpaired) electrons. The van der Waals surface area contributed by atoms with E-state index < -0.39 is 0 Å². The van der Waals surface area contributed by atoms with Crippen LogP contribution in [0.15, 0.2) is 12.3 Å². The Labute approximate surface area is 95.3 Å². The van der Waals surface area contributed by atoms with Crippen LogP contribution in [-0.4, -0.2) is 34.2 Å². The lowest BCUT2D eigenvalue weighted by Gasteiger charge is -2.15. The molecule has 86 valence electrons. The molecule has 0 spiro atoms. The highest BCUT2D eigenvalue weighted by Gasteiger charge is 2.08. The lowest BCUT2D eigenvalue weighted by atomic mass is 10.3. The molecule has 1 aromatic rings. The minimum Gasteiger partial charge on any atom is -0.345 e. The zero-order valence-corrected chi connectivity index (χ0v) is 9.68. The number of nitriles is 1. The Hall–Kier alpha value is -1.83. The molecule has 0 saturated carbocycles. The van der Waals surface area contributed by atoms with Crippen molar-refractivity contribution in [3.63, 3.8) is 0 Å². The second kappa shape index (κ2) is 5.91. The maximum Gasteiger partial charge on any atom is 0.224 e. The third kappa shape index (κ3) is 3.73. The number of aryl methyl sites for hydroxylation is 2. The average molecular weight is 220 g/mol. The van der Waals surface area contributed by atoms with Gasteiger partial charge >= 0.3 is 0 Å². The number of aromatic nitrogens is 2. The lowest BCUT2D eigenvalue weighted by molar-refractivity contribution is -0.130. The first kappa shape index (κ1) is 12.2. The summed E-state index contributed by atoms with van der Waals surface area (Å²) < 4.78 is 1.76. The van der Waals surface area contributed by atoms with Gasteiger partial charge in [0.2, 0.25) is 5.91 Å². The van der Waals surface area contributed by atoms with E-state index in [1.807, 2.05) is 25.3 Å². The molecule has 16 heavy (non-hydrogen) atoms. The van der Waals surface area contributed by atoms with Gasteiger partial charge in [0.05, 0.1) is 18.2 Å². The molecule has 0 aliphatic rings. The molecule has 0 atom stereocenters. The van der Waals surface area contributed by atoms with Crippen molar-refractivity contribution in [1.82, 2.24) is 14.7 Å². The summed E-state index contributed by atoms with van der Waals surface area (Å²) in [5.74, 6) is 0.0448. The first-order valence-corrected chi connectivity index (χ1v) is 5.24. The molecule has 5 nitrogen and oxygen atoms in total. The van der Waals surface area contributed by atoms with E-state index in [-0.39, 0.29) is 5.91 Å². The predicted molar refractivity (Wildman–Crippen MR) is 59.4 cm³/mol. The Morgan fingerprint density at radius 2 is 2.44 bits per heavy atom. The van der Waals surface area contributed by atoms with E-state index in [9.17, 15) is 4.79 Å². The molecule has 1 rings (SSSR count). The van der Waals surface area contributed by atoms with Crippen molar-refractivity contribution in [2.45, 2.75) is 26.3 Å². The highest BCUT2D eigenvalue weighted by Crippen LogP contribution is 1.98. The summed E-state index contributed by atoms with van der Waals surface area (Å²) in [4.78, 5) is 13.2. The van der Waals surface area contributed by atoms with E-state index >= 15 is 0 Å². The van der Waals surface area contributed by atoms with Crippen molar-refractivity contribution in [3.8, 4) is 6.07 Å². The monoisotopic (exact) mass is 220 g/mol. The molecule has 0 aliphatic carbocycles. The fourth-order valence-corrected chi connectivity index (χ4v) is 1.33. The zero-order valence-electron chi connectivity index (χ0n) is 9.68. The van der Waals surface area contributed by atoms with Gasteiger partial charge in [-0.25, -0.2) is 0 Å². The SMILES string of the molecule is Cc1ccn(CCC(=O)N(C)CCC#N)n1. The second-order valence-electron chi connectivity index (χ2n) is 3.69. The van der Waals surface area contributed by atoms with E-state index in [1.54, 1.807) is 16.6 Å². The van der Waals surface area contributed by atoms with Gasteiger partial charge in [-0.05, 0) is 13.0 Å². The number of carbonyl (C=O) groups is 1. The van der Waals surface area contributed by atoms with E-state index in [1.165, 1.54) is 0 Å². The van der Waals surface area contributed by atoms with E-state index in [2.05, 4.69) is 5.10 Å². The van der Waals surface area contributed by atoms with E-state index in [0.29, 0.717) is 25.9 Å². The van der Waals surface area contributed by atoms with E-state index in [4.69, 9.17) is 5.26 Å². The predicted octanol–water partition coefficient (Wildman–Crippen LogP) is 0.954. The Kier molecular flexibility index (Phi) is 4.52.